The fourth-order valence-corrected chi connectivity index (χ4v) is 5.88. The lowest BCUT2D eigenvalue weighted by molar-refractivity contribution is 0.0948. The summed E-state index contributed by atoms with van der Waals surface area (Å²) in [5.41, 5.74) is 6.66. The Morgan fingerprint density at radius 2 is 1.25 bits per heavy atom. The van der Waals surface area contributed by atoms with E-state index in [1.807, 2.05) is 73.6 Å². The predicted octanol–water partition coefficient (Wildman–Crippen LogP) is 4.40. The second-order valence-electron chi connectivity index (χ2n) is 10.7. The third kappa shape index (κ3) is 4.80. The van der Waals surface area contributed by atoms with Crippen LogP contribution in [0.4, 0.5) is 5.82 Å². The number of halogens is 1. The molecular weight excluding hydrogens is 578 g/mol. The fraction of sp³-hybridized carbons (Fsp3) is 0.188. The number of anilines is 1. The maximum absolute atomic E-state index is 12.2. The number of nitrogens with zero attached hydrogens (tertiary/aromatic N) is 7. The van der Waals surface area contributed by atoms with Crippen molar-refractivity contribution in [3.8, 4) is 22.8 Å². The topological polar surface area (TPSA) is 123 Å². The minimum atomic E-state index is -0.0569. The molecule has 8 rings (SSSR count). The molecule has 2 amide bonds. The number of benzene rings is 2. The van der Waals surface area contributed by atoms with Crippen LogP contribution in [0.15, 0.2) is 73.1 Å². The molecule has 0 saturated heterocycles. The van der Waals surface area contributed by atoms with Gasteiger partial charge in [-0.15, -0.1) is 0 Å². The monoisotopic (exact) mass is 605 g/mol. The van der Waals surface area contributed by atoms with E-state index in [0.717, 1.165) is 50.7 Å². The summed E-state index contributed by atoms with van der Waals surface area (Å²) in [6.45, 7) is 2.55. The molecule has 0 atom stereocenters. The molecule has 6 heterocycles. The van der Waals surface area contributed by atoms with Gasteiger partial charge in [0.25, 0.3) is 11.8 Å². The molecule has 220 valence electrons. The summed E-state index contributed by atoms with van der Waals surface area (Å²) in [6.07, 6.45) is 3.45. The number of hydrogen-bond donors (Lipinski definition) is 2. The molecule has 2 aliphatic rings. The molecule has 12 heteroatoms. The van der Waals surface area contributed by atoms with Gasteiger partial charge in [-0.3, -0.25) is 9.59 Å². The van der Waals surface area contributed by atoms with Crippen LogP contribution in [0.5, 0.6) is 0 Å². The molecule has 4 aromatic heterocycles. The standard InChI is InChI=1S/C17H17N5O.C15H11ClN4O/c1-21(2)14-10-11(6-7-18-14)16-20-13-5-3-4-12-15(13)22(16)9-8-19-17(12)23;16-12-8-9(4-5-17-12)14-19-11-3-1-2-10-13(11)20(14)7-6-18-15(10)21/h3-7,10H,8-9H2,1-2H3,(H,19,23);1-5,8H,6-7H2,(H,18,21). The van der Waals surface area contributed by atoms with Gasteiger partial charge in [0.1, 0.15) is 22.6 Å². The smallest absolute Gasteiger partial charge is 0.253 e. The second-order valence-corrected chi connectivity index (χ2v) is 11.1. The first-order chi connectivity index (χ1) is 21.4. The molecule has 2 aliphatic heterocycles. The van der Waals surface area contributed by atoms with Crippen LogP contribution in [0.1, 0.15) is 20.7 Å². The van der Waals surface area contributed by atoms with Crippen molar-refractivity contribution in [2.24, 2.45) is 0 Å². The van der Waals surface area contributed by atoms with E-state index < -0.39 is 0 Å². The number of rotatable bonds is 3. The SMILES string of the molecule is CN(C)c1cc(-c2nc3cccc4c3n2CCNC4=O)ccn1.O=C1NCCn2c(-c3ccnc(Cl)c3)nc3cccc1c32. The van der Waals surface area contributed by atoms with E-state index in [1.165, 1.54) is 0 Å². The van der Waals surface area contributed by atoms with Gasteiger partial charge >= 0.3 is 0 Å². The van der Waals surface area contributed by atoms with Crippen LogP contribution in [0, 0.1) is 0 Å². The lowest BCUT2D eigenvalue weighted by Crippen LogP contribution is -2.24. The third-order valence-electron chi connectivity index (χ3n) is 7.71. The lowest BCUT2D eigenvalue weighted by atomic mass is 10.2. The van der Waals surface area contributed by atoms with Crippen molar-refractivity contribution in [2.45, 2.75) is 13.1 Å². The molecule has 2 aromatic carbocycles. The predicted molar refractivity (Wildman–Crippen MR) is 170 cm³/mol. The van der Waals surface area contributed by atoms with Crippen molar-refractivity contribution < 1.29 is 9.59 Å². The van der Waals surface area contributed by atoms with Gasteiger partial charge in [0, 0.05) is 63.8 Å². The number of pyridine rings is 2. The van der Waals surface area contributed by atoms with Gasteiger partial charge in [-0.2, -0.15) is 0 Å². The quantitative estimate of drug-likeness (QED) is 0.287. The van der Waals surface area contributed by atoms with E-state index in [9.17, 15) is 9.59 Å². The Balaban J connectivity index is 0.000000143. The van der Waals surface area contributed by atoms with E-state index in [1.54, 1.807) is 18.5 Å². The highest BCUT2D eigenvalue weighted by atomic mass is 35.5. The number of hydrogen-bond acceptors (Lipinski definition) is 7. The average Bonchev–Trinajstić information content (AvgIpc) is 3.48. The zero-order valence-electron chi connectivity index (χ0n) is 24.1. The molecule has 0 radical (unpaired) electrons. The highest BCUT2D eigenvalue weighted by molar-refractivity contribution is 6.29. The Morgan fingerprint density at radius 3 is 1.77 bits per heavy atom. The van der Waals surface area contributed by atoms with E-state index in [4.69, 9.17) is 16.6 Å². The van der Waals surface area contributed by atoms with Crippen LogP contribution >= 0.6 is 11.6 Å². The molecule has 0 spiro atoms. The van der Waals surface area contributed by atoms with Gasteiger partial charge in [-0.25, -0.2) is 19.9 Å². The first-order valence-electron chi connectivity index (χ1n) is 14.2. The van der Waals surface area contributed by atoms with Crippen LogP contribution in [-0.4, -0.2) is 68.1 Å². The highest BCUT2D eigenvalue weighted by Crippen LogP contribution is 2.30. The Morgan fingerprint density at radius 1 is 0.727 bits per heavy atom. The van der Waals surface area contributed by atoms with E-state index >= 15 is 0 Å². The van der Waals surface area contributed by atoms with Gasteiger partial charge in [0.2, 0.25) is 0 Å². The summed E-state index contributed by atoms with van der Waals surface area (Å²) in [5, 5.41) is 6.27. The summed E-state index contributed by atoms with van der Waals surface area (Å²) >= 11 is 5.98. The zero-order valence-corrected chi connectivity index (χ0v) is 24.8. The van der Waals surface area contributed by atoms with Gasteiger partial charge in [0.05, 0.1) is 33.2 Å². The van der Waals surface area contributed by atoms with Crippen LogP contribution in [0.3, 0.4) is 0 Å². The molecule has 0 aliphatic carbocycles. The number of nitrogens with one attached hydrogen (secondary N) is 2. The molecular formula is C32H28ClN9O2. The highest BCUT2D eigenvalue weighted by Gasteiger charge is 2.23. The second kappa shape index (κ2) is 11.1. The largest absolute Gasteiger partial charge is 0.363 e. The Hall–Kier alpha value is -5.29. The molecule has 0 fully saturated rings. The number of carbonyl (C=O) groups is 2. The van der Waals surface area contributed by atoms with Crippen molar-refractivity contribution >= 4 is 51.3 Å². The number of carbonyl (C=O) groups excluding carboxylic acids is 2. The van der Waals surface area contributed by atoms with E-state index in [-0.39, 0.29) is 11.8 Å². The van der Waals surface area contributed by atoms with Crippen LogP contribution in [0.2, 0.25) is 5.15 Å². The summed E-state index contributed by atoms with van der Waals surface area (Å²) in [7, 11) is 3.92. The number of amides is 2. The van der Waals surface area contributed by atoms with Crippen molar-refractivity contribution in [1.82, 2.24) is 39.7 Å². The zero-order chi connectivity index (χ0) is 30.4. The van der Waals surface area contributed by atoms with Crippen LogP contribution in [0.25, 0.3) is 44.8 Å². The summed E-state index contributed by atoms with van der Waals surface area (Å²) in [5.74, 6) is 2.46. The van der Waals surface area contributed by atoms with Crippen molar-refractivity contribution in [1.29, 1.82) is 0 Å². The van der Waals surface area contributed by atoms with Gasteiger partial charge in [0.15, 0.2) is 0 Å². The summed E-state index contributed by atoms with van der Waals surface area (Å²) < 4.78 is 4.19. The molecule has 11 nitrogen and oxygen atoms in total. The Bertz CT molecular complexity index is 2080. The van der Waals surface area contributed by atoms with Crippen LogP contribution in [-0.2, 0) is 13.1 Å². The maximum Gasteiger partial charge on any atom is 0.253 e. The normalized spacial score (nSPS) is 13.9. The minimum absolute atomic E-state index is 0.0375. The van der Waals surface area contributed by atoms with Gasteiger partial charge < -0.3 is 24.7 Å². The third-order valence-corrected chi connectivity index (χ3v) is 7.92. The maximum atomic E-state index is 12.2. The van der Waals surface area contributed by atoms with E-state index in [0.29, 0.717) is 42.5 Å². The molecule has 44 heavy (non-hydrogen) atoms. The van der Waals surface area contributed by atoms with Gasteiger partial charge in [-0.1, -0.05) is 23.7 Å². The lowest BCUT2D eigenvalue weighted by Gasteiger charge is -2.13. The number of para-hydroxylation sites is 2. The Labute approximate surface area is 257 Å². The van der Waals surface area contributed by atoms with Crippen LogP contribution < -0.4 is 15.5 Å². The average molecular weight is 606 g/mol. The first-order valence-corrected chi connectivity index (χ1v) is 14.6. The molecule has 0 bridgehead atoms. The van der Waals surface area contributed by atoms with Crippen molar-refractivity contribution in [2.75, 3.05) is 32.1 Å². The summed E-state index contributed by atoms with van der Waals surface area (Å²) in [4.78, 5) is 44.1. The number of aromatic nitrogens is 6. The molecule has 2 N–H and O–H groups in total. The fourth-order valence-electron chi connectivity index (χ4n) is 5.71. The summed E-state index contributed by atoms with van der Waals surface area (Å²) in [6, 6.07) is 18.9. The van der Waals surface area contributed by atoms with Crippen molar-refractivity contribution in [3.05, 3.63) is 89.3 Å². The Kier molecular flexibility index (Phi) is 6.94. The minimum Gasteiger partial charge on any atom is -0.363 e. The molecule has 0 saturated carbocycles. The van der Waals surface area contributed by atoms with Crippen molar-refractivity contribution in [3.63, 3.8) is 0 Å². The van der Waals surface area contributed by atoms with Gasteiger partial charge in [-0.05, 0) is 48.5 Å². The molecule has 0 unspecified atom stereocenters. The first kappa shape index (κ1) is 27.5. The number of imidazole rings is 2. The molecule has 6 aromatic rings. The van der Waals surface area contributed by atoms with E-state index in [2.05, 4.69) is 34.7 Å².